The first-order chi connectivity index (χ1) is 5.43. The molecule has 1 aliphatic heterocycles. The van der Waals surface area contributed by atoms with Crippen LogP contribution in [-0.2, 0) is 4.74 Å². The van der Waals surface area contributed by atoms with Crippen molar-refractivity contribution in [2.24, 2.45) is 0 Å². The zero-order valence-electron chi connectivity index (χ0n) is 7.02. The maximum atomic E-state index is 11.7. The fraction of sp³-hybridized carbons (Fsp3) is 1.00. The minimum atomic E-state index is -0.139. The summed E-state index contributed by atoms with van der Waals surface area (Å²) in [5, 5.41) is 0. The van der Waals surface area contributed by atoms with Gasteiger partial charge < -0.3 is 4.74 Å². The van der Waals surface area contributed by atoms with E-state index < -0.39 is 0 Å². The molecule has 0 bridgehead atoms. The molecule has 0 aromatic rings. The first-order valence-electron chi connectivity index (χ1n) is 4.61. The van der Waals surface area contributed by atoms with E-state index in [1.807, 2.05) is 0 Å². The molecule has 1 aliphatic rings. The molecule has 1 saturated heterocycles. The minimum Gasteiger partial charge on any atom is -0.382 e. The lowest BCUT2D eigenvalue weighted by Crippen LogP contribution is -2.25. The highest BCUT2D eigenvalue weighted by Gasteiger charge is 2.12. The van der Waals surface area contributed by atoms with Crippen LogP contribution in [0.2, 0.25) is 6.04 Å². The Bertz CT molecular complexity index is 94.1. The van der Waals surface area contributed by atoms with E-state index in [0.717, 1.165) is 19.1 Å². The molecule has 0 spiro atoms. The Kier molecular flexibility index (Phi) is 4.78. The van der Waals surface area contributed by atoms with Crippen molar-refractivity contribution >= 4 is 9.52 Å². The Hall–Kier alpha value is 0.107. The van der Waals surface area contributed by atoms with Crippen molar-refractivity contribution in [1.82, 2.24) is 0 Å². The minimum absolute atomic E-state index is 0.108. The normalized spacial score (nSPS) is 26.5. The van der Waals surface area contributed by atoms with E-state index in [0.29, 0.717) is 5.73 Å². The summed E-state index contributed by atoms with van der Waals surface area (Å²) >= 11 is 0. The van der Waals surface area contributed by atoms with Crippen LogP contribution in [0, 0.1) is 0 Å². The molecule has 0 aromatic carbocycles. The summed E-state index contributed by atoms with van der Waals surface area (Å²) < 4.78 is 17.3. The van der Waals surface area contributed by atoms with Crippen molar-refractivity contribution in [3.05, 3.63) is 0 Å². The van der Waals surface area contributed by atoms with Crippen LogP contribution in [0.15, 0.2) is 0 Å². The molecule has 66 valence electrons. The number of alkyl halides is 1. The zero-order valence-corrected chi connectivity index (χ0v) is 8.43. The lowest BCUT2D eigenvalue weighted by molar-refractivity contribution is 0.0649. The molecule has 11 heavy (non-hydrogen) atoms. The molecular formula is C8H17FOSi. The van der Waals surface area contributed by atoms with Gasteiger partial charge in [-0.05, 0) is 25.7 Å². The monoisotopic (exact) mass is 176 g/mol. The van der Waals surface area contributed by atoms with Crippen LogP contribution >= 0.6 is 0 Å². The van der Waals surface area contributed by atoms with E-state index in [9.17, 15) is 4.39 Å². The Morgan fingerprint density at radius 2 is 2.36 bits per heavy atom. The number of hydrogen-bond acceptors (Lipinski definition) is 1. The molecule has 1 rings (SSSR count). The number of ether oxygens (including phenoxy) is 1. The molecule has 0 saturated carbocycles. The average Bonchev–Trinajstić information content (AvgIpc) is 2.07. The van der Waals surface area contributed by atoms with Gasteiger partial charge in [-0.2, -0.15) is 0 Å². The average molecular weight is 176 g/mol. The zero-order chi connectivity index (χ0) is 7.94. The molecule has 0 aliphatic carbocycles. The third-order valence-corrected chi connectivity index (χ3v) is 4.38. The summed E-state index contributed by atoms with van der Waals surface area (Å²) in [7, 11) is -0.108. The third-order valence-electron chi connectivity index (χ3n) is 2.18. The molecule has 1 atom stereocenters. The van der Waals surface area contributed by atoms with E-state index in [4.69, 9.17) is 4.74 Å². The Morgan fingerprint density at radius 1 is 1.45 bits per heavy atom. The molecule has 1 fully saturated rings. The second kappa shape index (κ2) is 5.72. The standard InChI is InChI=1S/C8H17FOSi/c9-5-3-7-11-8-4-1-2-6-10-8/h8H,1-7,11H2. The third kappa shape index (κ3) is 3.87. The fourth-order valence-electron chi connectivity index (χ4n) is 1.50. The van der Waals surface area contributed by atoms with Crippen LogP contribution in [0.5, 0.6) is 0 Å². The van der Waals surface area contributed by atoms with Gasteiger partial charge in [0.1, 0.15) is 0 Å². The van der Waals surface area contributed by atoms with Crippen molar-refractivity contribution in [3.8, 4) is 0 Å². The number of hydrogen-bond donors (Lipinski definition) is 0. The summed E-state index contributed by atoms with van der Waals surface area (Å²) in [5.74, 6) is 0. The van der Waals surface area contributed by atoms with Gasteiger partial charge in [0.05, 0.1) is 16.2 Å². The maximum absolute atomic E-state index is 11.7. The van der Waals surface area contributed by atoms with E-state index >= 15 is 0 Å². The van der Waals surface area contributed by atoms with Gasteiger partial charge in [-0.15, -0.1) is 0 Å². The van der Waals surface area contributed by atoms with Crippen molar-refractivity contribution in [2.45, 2.75) is 37.5 Å². The SMILES string of the molecule is FCCC[SiH2]C1CCCCO1. The number of rotatable bonds is 4. The largest absolute Gasteiger partial charge is 0.382 e. The predicted molar refractivity (Wildman–Crippen MR) is 47.5 cm³/mol. The molecule has 0 N–H and O–H groups in total. The van der Waals surface area contributed by atoms with Crippen LogP contribution in [0.1, 0.15) is 25.7 Å². The van der Waals surface area contributed by atoms with Crippen LogP contribution in [0.4, 0.5) is 4.39 Å². The lowest BCUT2D eigenvalue weighted by atomic mass is 10.2. The first kappa shape index (κ1) is 9.20. The van der Waals surface area contributed by atoms with Gasteiger partial charge in [-0.25, -0.2) is 0 Å². The Labute approximate surface area is 70.1 Å². The summed E-state index contributed by atoms with van der Waals surface area (Å²) in [5.41, 5.74) is 0.579. The summed E-state index contributed by atoms with van der Waals surface area (Å²) in [6.45, 7) is 0.813. The van der Waals surface area contributed by atoms with Crippen molar-refractivity contribution in [1.29, 1.82) is 0 Å². The van der Waals surface area contributed by atoms with Crippen LogP contribution < -0.4 is 0 Å². The topological polar surface area (TPSA) is 9.23 Å². The molecular weight excluding hydrogens is 159 g/mol. The van der Waals surface area contributed by atoms with Crippen molar-refractivity contribution in [2.75, 3.05) is 13.3 Å². The van der Waals surface area contributed by atoms with E-state index in [-0.39, 0.29) is 16.2 Å². The quantitative estimate of drug-likeness (QED) is 0.465. The second-order valence-electron chi connectivity index (χ2n) is 3.17. The highest BCUT2D eigenvalue weighted by atomic mass is 28.2. The second-order valence-corrected chi connectivity index (χ2v) is 5.37. The summed E-state index contributed by atoms with van der Waals surface area (Å²) in [6.07, 6.45) is 4.58. The maximum Gasteiger partial charge on any atom is 0.0891 e. The molecule has 3 heteroatoms. The lowest BCUT2D eigenvalue weighted by Gasteiger charge is -2.21. The smallest absolute Gasteiger partial charge is 0.0891 e. The molecule has 1 unspecified atom stereocenters. The van der Waals surface area contributed by atoms with Crippen molar-refractivity contribution in [3.63, 3.8) is 0 Å². The highest BCUT2D eigenvalue weighted by molar-refractivity contribution is 6.37. The summed E-state index contributed by atoms with van der Waals surface area (Å²) in [6, 6.07) is 1.13. The van der Waals surface area contributed by atoms with Gasteiger partial charge in [0.2, 0.25) is 0 Å². The van der Waals surface area contributed by atoms with Crippen LogP contribution in [-0.4, -0.2) is 28.5 Å². The summed E-state index contributed by atoms with van der Waals surface area (Å²) in [4.78, 5) is 0. The Balaban J connectivity index is 1.96. The van der Waals surface area contributed by atoms with Gasteiger partial charge in [0.15, 0.2) is 0 Å². The van der Waals surface area contributed by atoms with Gasteiger partial charge in [-0.1, -0.05) is 6.04 Å². The van der Waals surface area contributed by atoms with Gasteiger partial charge in [-0.3, -0.25) is 4.39 Å². The van der Waals surface area contributed by atoms with E-state index in [2.05, 4.69) is 0 Å². The molecule has 0 aromatic heterocycles. The van der Waals surface area contributed by atoms with Crippen molar-refractivity contribution < 1.29 is 9.13 Å². The number of halogens is 1. The van der Waals surface area contributed by atoms with Gasteiger partial charge >= 0.3 is 0 Å². The van der Waals surface area contributed by atoms with Gasteiger partial charge in [0.25, 0.3) is 0 Å². The molecule has 1 heterocycles. The first-order valence-corrected chi connectivity index (χ1v) is 6.42. The molecule has 0 radical (unpaired) electrons. The van der Waals surface area contributed by atoms with Gasteiger partial charge in [0, 0.05) is 12.3 Å². The van der Waals surface area contributed by atoms with Crippen LogP contribution in [0.25, 0.3) is 0 Å². The molecule has 0 amide bonds. The Morgan fingerprint density at radius 3 is 3.00 bits per heavy atom. The van der Waals surface area contributed by atoms with E-state index in [1.165, 1.54) is 19.3 Å². The fourth-order valence-corrected chi connectivity index (χ4v) is 3.35. The van der Waals surface area contributed by atoms with E-state index in [1.54, 1.807) is 0 Å². The highest BCUT2D eigenvalue weighted by Crippen LogP contribution is 2.12. The molecule has 1 nitrogen and oxygen atoms in total. The van der Waals surface area contributed by atoms with Crippen LogP contribution in [0.3, 0.4) is 0 Å². The predicted octanol–water partition coefficient (Wildman–Crippen LogP) is 1.46.